The van der Waals surface area contributed by atoms with Crippen molar-refractivity contribution in [3.05, 3.63) is 64.7 Å². The molecule has 2 aromatic carbocycles. The normalized spacial score (nSPS) is 15.7. The van der Waals surface area contributed by atoms with Crippen LogP contribution in [0.3, 0.4) is 0 Å². The van der Waals surface area contributed by atoms with Gasteiger partial charge in [0.15, 0.2) is 9.84 Å². The highest BCUT2D eigenvalue weighted by molar-refractivity contribution is 7.91. The van der Waals surface area contributed by atoms with Gasteiger partial charge >= 0.3 is 0 Å². The van der Waals surface area contributed by atoms with Crippen molar-refractivity contribution in [2.24, 2.45) is 0 Å². The summed E-state index contributed by atoms with van der Waals surface area (Å²) in [6.45, 7) is 1.08. The molecule has 0 spiro atoms. The van der Waals surface area contributed by atoms with Gasteiger partial charge in [-0.2, -0.15) is 0 Å². The van der Waals surface area contributed by atoms with Crippen molar-refractivity contribution in [3.63, 3.8) is 0 Å². The van der Waals surface area contributed by atoms with Gasteiger partial charge in [0.25, 0.3) is 0 Å². The number of carbonyl (C=O) groups excluding carboxylic acids is 1. The Labute approximate surface area is 161 Å². The third-order valence-corrected chi connectivity index (χ3v) is 6.99. The predicted octanol–water partition coefficient (Wildman–Crippen LogP) is 4.15. The number of carbonyl (C=O) groups is 1. The molecule has 0 aliphatic carbocycles. The first-order valence-corrected chi connectivity index (χ1v) is 10.4. The van der Waals surface area contributed by atoms with Crippen molar-refractivity contribution < 1.29 is 22.0 Å². The van der Waals surface area contributed by atoms with E-state index in [9.17, 15) is 22.0 Å². The summed E-state index contributed by atoms with van der Waals surface area (Å²) in [4.78, 5) is 14.0. The van der Waals surface area contributed by atoms with Gasteiger partial charge in [0, 0.05) is 30.1 Å². The number of hydrogen-bond donors (Lipinski definition) is 0. The molecule has 0 saturated carbocycles. The van der Waals surface area contributed by atoms with Crippen molar-refractivity contribution in [1.82, 2.24) is 4.90 Å². The number of halogens is 3. The second-order valence-corrected chi connectivity index (χ2v) is 9.01. The van der Waals surface area contributed by atoms with E-state index in [1.807, 2.05) is 0 Å². The standard InChI is InChI=1S/C19H18ClF2NO3S/c20-13-3-6-15(7-4-13)27(25,26)18(12-19(24)23-9-1-2-10-23)16-11-14(21)5-8-17(16)22/h3-8,11,18H,1-2,9-10,12H2. The Bertz CT molecular complexity index is 942. The van der Waals surface area contributed by atoms with Gasteiger partial charge in [0.05, 0.1) is 4.90 Å². The number of hydrogen-bond acceptors (Lipinski definition) is 3. The third kappa shape index (κ3) is 4.30. The number of amides is 1. The van der Waals surface area contributed by atoms with E-state index in [1.165, 1.54) is 24.3 Å². The smallest absolute Gasteiger partial charge is 0.224 e. The lowest BCUT2D eigenvalue weighted by molar-refractivity contribution is -0.130. The molecule has 144 valence electrons. The van der Waals surface area contributed by atoms with E-state index >= 15 is 0 Å². The summed E-state index contributed by atoms with van der Waals surface area (Å²) in [5, 5.41) is -1.18. The molecule has 1 amide bonds. The van der Waals surface area contributed by atoms with E-state index in [4.69, 9.17) is 11.6 Å². The molecule has 8 heteroatoms. The largest absolute Gasteiger partial charge is 0.343 e. The average molecular weight is 414 g/mol. The summed E-state index contributed by atoms with van der Waals surface area (Å²) in [6.07, 6.45) is 1.23. The van der Waals surface area contributed by atoms with Crippen molar-refractivity contribution in [2.75, 3.05) is 13.1 Å². The molecule has 0 aromatic heterocycles. The molecule has 0 radical (unpaired) electrons. The van der Waals surface area contributed by atoms with Crippen LogP contribution in [0.15, 0.2) is 47.4 Å². The molecule has 1 atom stereocenters. The van der Waals surface area contributed by atoms with Gasteiger partial charge in [-0.25, -0.2) is 17.2 Å². The van der Waals surface area contributed by atoms with Crippen LogP contribution in [-0.2, 0) is 14.6 Å². The molecule has 1 unspecified atom stereocenters. The van der Waals surface area contributed by atoms with E-state index < -0.39 is 39.0 Å². The SMILES string of the molecule is O=C(CC(c1cc(F)ccc1F)S(=O)(=O)c1ccc(Cl)cc1)N1CCCC1. The van der Waals surface area contributed by atoms with Gasteiger partial charge in [-0.05, 0) is 55.3 Å². The van der Waals surface area contributed by atoms with Gasteiger partial charge in [-0.1, -0.05) is 11.6 Å². The minimum Gasteiger partial charge on any atom is -0.343 e. The highest BCUT2D eigenvalue weighted by Crippen LogP contribution is 2.35. The van der Waals surface area contributed by atoms with E-state index in [2.05, 4.69) is 0 Å². The fraction of sp³-hybridized carbons (Fsp3) is 0.316. The molecule has 1 aliphatic rings. The Balaban J connectivity index is 2.04. The average Bonchev–Trinajstić information content (AvgIpc) is 3.17. The highest BCUT2D eigenvalue weighted by Gasteiger charge is 2.35. The first kappa shape index (κ1) is 19.8. The number of likely N-dealkylation sites (tertiary alicyclic amines) is 1. The Kier molecular flexibility index (Phi) is 5.81. The van der Waals surface area contributed by atoms with E-state index in [0.717, 1.165) is 31.0 Å². The lowest BCUT2D eigenvalue weighted by Gasteiger charge is -2.22. The molecule has 1 aliphatic heterocycles. The highest BCUT2D eigenvalue weighted by atomic mass is 35.5. The van der Waals surface area contributed by atoms with E-state index in [1.54, 1.807) is 4.90 Å². The third-order valence-electron chi connectivity index (χ3n) is 4.64. The van der Waals surface area contributed by atoms with Crippen LogP contribution in [0, 0.1) is 11.6 Å². The van der Waals surface area contributed by atoms with Crippen LogP contribution in [0.4, 0.5) is 8.78 Å². The Hall–Kier alpha value is -1.99. The molecule has 27 heavy (non-hydrogen) atoms. The molecular formula is C19H18ClF2NO3S. The minimum absolute atomic E-state index is 0.102. The van der Waals surface area contributed by atoms with Crippen molar-refractivity contribution in [3.8, 4) is 0 Å². The first-order chi connectivity index (χ1) is 12.8. The lowest BCUT2D eigenvalue weighted by Crippen LogP contribution is -2.31. The van der Waals surface area contributed by atoms with Crippen molar-refractivity contribution >= 4 is 27.3 Å². The molecular weight excluding hydrogens is 396 g/mol. The zero-order chi connectivity index (χ0) is 19.6. The molecule has 1 saturated heterocycles. The summed E-state index contributed by atoms with van der Waals surface area (Å²) in [7, 11) is -4.15. The molecule has 1 heterocycles. The maximum Gasteiger partial charge on any atom is 0.224 e. The minimum atomic E-state index is -4.15. The molecule has 0 bridgehead atoms. The fourth-order valence-corrected chi connectivity index (χ4v) is 5.04. The quantitative estimate of drug-likeness (QED) is 0.740. The Morgan fingerprint density at radius 1 is 1.07 bits per heavy atom. The Morgan fingerprint density at radius 2 is 1.70 bits per heavy atom. The molecule has 4 nitrogen and oxygen atoms in total. The van der Waals surface area contributed by atoms with E-state index in [-0.39, 0.29) is 10.5 Å². The summed E-state index contributed by atoms with van der Waals surface area (Å²) in [6, 6.07) is 8.00. The lowest BCUT2D eigenvalue weighted by atomic mass is 10.1. The van der Waals surface area contributed by atoms with Gasteiger partial charge in [0.2, 0.25) is 5.91 Å². The van der Waals surface area contributed by atoms with Crippen LogP contribution in [0.1, 0.15) is 30.1 Å². The molecule has 3 rings (SSSR count). The first-order valence-electron chi connectivity index (χ1n) is 8.51. The van der Waals surface area contributed by atoms with Crippen molar-refractivity contribution in [1.29, 1.82) is 0 Å². The zero-order valence-electron chi connectivity index (χ0n) is 14.4. The number of nitrogens with zero attached hydrogens (tertiary/aromatic N) is 1. The van der Waals surface area contributed by atoms with Gasteiger partial charge < -0.3 is 4.90 Å². The monoisotopic (exact) mass is 413 g/mol. The molecule has 1 fully saturated rings. The molecule has 2 aromatic rings. The van der Waals surface area contributed by atoms with Gasteiger partial charge in [0.1, 0.15) is 16.9 Å². The van der Waals surface area contributed by atoms with Crippen LogP contribution in [-0.4, -0.2) is 32.3 Å². The fourth-order valence-electron chi connectivity index (χ4n) is 3.19. The maximum absolute atomic E-state index is 14.4. The van der Waals surface area contributed by atoms with Crippen LogP contribution in [0.25, 0.3) is 0 Å². The van der Waals surface area contributed by atoms with Crippen LogP contribution < -0.4 is 0 Å². The number of rotatable bonds is 5. The maximum atomic E-state index is 14.4. The van der Waals surface area contributed by atoms with Crippen LogP contribution in [0.2, 0.25) is 5.02 Å². The summed E-state index contributed by atoms with van der Waals surface area (Å²) < 4.78 is 54.4. The number of benzene rings is 2. The van der Waals surface area contributed by atoms with Gasteiger partial charge in [-0.3, -0.25) is 4.79 Å². The van der Waals surface area contributed by atoms with Crippen LogP contribution >= 0.6 is 11.6 Å². The van der Waals surface area contributed by atoms with Crippen molar-refractivity contribution in [2.45, 2.75) is 29.4 Å². The topological polar surface area (TPSA) is 54.5 Å². The molecule has 0 N–H and O–H groups in total. The summed E-state index contributed by atoms with van der Waals surface area (Å²) in [5.74, 6) is -2.02. The Morgan fingerprint density at radius 3 is 2.33 bits per heavy atom. The van der Waals surface area contributed by atoms with Gasteiger partial charge in [-0.15, -0.1) is 0 Å². The number of sulfone groups is 1. The van der Waals surface area contributed by atoms with E-state index in [0.29, 0.717) is 18.1 Å². The predicted molar refractivity (Wildman–Crippen MR) is 98.2 cm³/mol. The summed E-state index contributed by atoms with van der Waals surface area (Å²) >= 11 is 5.81. The summed E-state index contributed by atoms with van der Waals surface area (Å²) in [5.41, 5.74) is -0.350. The zero-order valence-corrected chi connectivity index (χ0v) is 15.9. The van der Waals surface area contributed by atoms with Crippen LogP contribution in [0.5, 0.6) is 0 Å². The second kappa shape index (κ2) is 7.94. The second-order valence-electron chi connectivity index (χ2n) is 6.45.